The number of hydrogen-bond donors (Lipinski definition) is 3. The Hall–Kier alpha value is -2.68. The summed E-state index contributed by atoms with van der Waals surface area (Å²) in [7, 11) is 0. The van der Waals surface area contributed by atoms with Gasteiger partial charge in [0.2, 0.25) is 0 Å². The van der Waals surface area contributed by atoms with Gasteiger partial charge in [-0.2, -0.15) is 0 Å². The molecule has 0 saturated heterocycles. The summed E-state index contributed by atoms with van der Waals surface area (Å²) < 4.78 is 0.803. The lowest BCUT2D eigenvalue weighted by atomic mass is 10.00. The molecule has 2 aromatic carbocycles. The van der Waals surface area contributed by atoms with E-state index in [2.05, 4.69) is 4.98 Å². The van der Waals surface area contributed by atoms with Crippen LogP contribution in [0.5, 0.6) is 0 Å². The molecule has 3 aromatic rings. The van der Waals surface area contributed by atoms with Crippen molar-refractivity contribution in [1.82, 2.24) is 4.98 Å². The molecule has 0 amide bonds. The fourth-order valence-electron chi connectivity index (χ4n) is 2.81. The number of nitrogens with two attached hydrogens (primary N) is 1. The number of hydrogen-bond acceptors (Lipinski definition) is 6. The lowest BCUT2D eigenvalue weighted by molar-refractivity contribution is -0.138. The molecule has 0 spiro atoms. The molecule has 150 valence electrons. The SMILES string of the molecule is Cc1nc(Sc2cccc(-c3cccc(CC(N)C(=O)O)c3)c2)sc1CC(=O)O. The van der Waals surface area contributed by atoms with E-state index in [1.807, 2.05) is 55.5 Å². The molecule has 0 radical (unpaired) electrons. The number of nitrogens with zero attached hydrogens (tertiary/aromatic N) is 1. The summed E-state index contributed by atoms with van der Waals surface area (Å²) in [6.45, 7) is 1.82. The maximum atomic E-state index is 11.0. The minimum atomic E-state index is -1.02. The van der Waals surface area contributed by atoms with E-state index in [9.17, 15) is 9.59 Å². The predicted molar refractivity (Wildman–Crippen MR) is 114 cm³/mol. The van der Waals surface area contributed by atoms with E-state index in [1.54, 1.807) is 0 Å². The maximum Gasteiger partial charge on any atom is 0.320 e. The Balaban J connectivity index is 1.80. The second-order valence-electron chi connectivity index (χ2n) is 6.54. The van der Waals surface area contributed by atoms with Gasteiger partial charge in [-0.1, -0.05) is 48.2 Å². The van der Waals surface area contributed by atoms with Crippen LogP contribution in [0, 0.1) is 6.92 Å². The summed E-state index contributed by atoms with van der Waals surface area (Å²) in [5, 5.41) is 18.0. The molecule has 0 saturated carbocycles. The van der Waals surface area contributed by atoms with E-state index < -0.39 is 18.0 Å². The highest BCUT2D eigenvalue weighted by molar-refractivity contribution is 8.01. The average Bonchev–Trinajstić information content (AvgIpc) is 3.00. The standard InChI is InChI=1S/C21H20N2O4S2/c1-12-18(11-19(24)25)29-21(23-12)28-16-7-3-6-15(10-16)14-5-2-4-13(8-14)9-17(22)20(26)27/h2-8,10,17H,9,11,22H2,1H3,(H,24,25)(H,26,27). The van der Waals surface area contributed by atoms with Gasteiger partial charge in [0, 0.05) is 9.77 Å². The number of rotatable bonds is 8. The summed E-state index contributed by atoms with van der Waals surface area (Å²) in [4.78, 5) is 28.2. The molecule has 1 aromatic heterocycles. The van der Waals surface area contributed by atoms with Gasteiger partial charge in [-0.3, -0.25) is 9.59 Å². The minimum absolute atomic E-state index is 0.0185. The van der Waals surface area contributed by atoms with Crippen LogP contribution in [-0.2, 0) is 22.4 Å². The zero-order valence-corrected chi connectivity index (χ0v) is 17.3. The molecule has 0 aliphatic carbocycles. The largest absolute Gasteiger partial charge is 0.481 e. The first kappa shape index (κ1) is 21.0. The number of aliphatic carboxylic acids is 2. The van der Waals surface area contributed by atoms with Gasteiger partial charge in [-0.25, -0.2) is 4.98 Å². The first-order valence-electron chi connectivity index (χ1n) is 8.85. The van der Waals surface area contributed by atoms with Crippen LogP contribution in [0.1, 0.15) is 16.1 Å². The summed E-state index contributed by atoms with van der Waals surface area (Å²) in [5.74, 6) is -1.88. The van der Waals surface area contributed by atoms with Crippen LogP contribution in [0.2, 0.25) is 0 Å². The zero-order chi connectivity index (χ0) is 21.0. The lowest BCUT2D eigenvalue weighted by Gasteiger charge is -2.09. The molecular weight excluding hydrogens is 408 g/mol. The number of aryl methyl sites for hydroxylation is 1. The van der Waals surface area contributed by atoms with Gasteiger partial charge in [0.1, 0.15) is 6.04 Å². The Kier molecular flexibility index (Phi) is 6.68. The quantitative estimate of drug-likeness (QED) is 0.499. The van der Waals surface area contributed by atoms with Crippen molar-refractivity contribution in [2.45, 2.75) is 35.0 Å². The number of carbonyl (C=O) groups is 2. The molecule has 29 heavy (non-hydrogen) atoms. The number of benzene rings is 2. The Morgan fingerprint density at radius 2 is 1.83 bits per heavy atom. The fraction of sp³-hybridized carbons (Fsp3) is 0.190. The highest BCUT2D eigenvalue weighted by Gasteiger charge is 2.14. The molecule has 6 nitrogen and oxygen atoms in total. The van der Waals surface area contributed by atoms with E-state index in [1.165, 1.54) is 23.1 Å². The Morgan fingerprint density at radius 1 is 1.14 bits per heavy atom. The van der Waals surface area contributed by atoms with E-state index in [4.69, 9.17) is 15.9 Å². The van der Waals surface area contributed by atoms with Crippen LogP contribution in [-0.4, -0.2) is 33.2 Å². The molecule has 1 unspecified atom stereocenters. The molecule has 3 rings (SSSR count). The maximum absolute atomic E-state index is 11.0. The van der Waals surface area contributed by atoms with Crippen LogP contribution in [0.3, 0.4) is 0 Å². The van der Waals surface area contributed by atoms with Crippen molar-refractivity contribution in [2.75, 3.05) is 0 Å². The Morgan fingerprint density at radius 3 is 2.52 bits per heavy atom. The van der Waals surface area contributed by atoms with E-state index in [-0.39, 0.29) is 12.8 Å². The van der Waals surface area contributed by atoms with Crippen molar-refractivity contribution >= 4 is 35.0 Å². The first-order valence-corrected chi connectivity index (χ1v) is 10.5. The number of carboxylic acids is 2. The van der Waals surface area contributed by atoms with Crippen molar-refractivity contribution in [3.8, 4) is 11.1 Å². The molecular formula is C21H20N2O4S2. The van der Waals surface area contributed by atoms with Crippen LogP contribution < -0.4 is 5.73 Å². The Bertz CT molecular complexity index is 1050. The molecule has 8 heteroatoms. The van der Waals surface area contributed by atoms with Crippen LogP contribution in [0.25, 0.3) is 11.1 Å². The number of thiazole rings is 1. The van der Waals surface area contributed by atoms with Gasteiger partial charge in [0.25, 0.3) is 0 Å². The molecule has 0 aliphatic rings. The summed E-state index contributed by atoms with van der Waals surface area (Å²) >= 11 is 2.89. The molecule has 1 atom stereocenters. The highest BCUT2D eigenvalue weighted by atomic mass is 32.2. The van der Waals surface area contributed by atoms with Crippen molar-refractivity contribution in [3.63, 3.8) is 0 Å². The van der Waals surface area contributed by atoms with E-state index in [0.29, 0.717) is 0 Å². The van der Waals surface area contributed by atoms with Crippen LogP contribution in [0.4, 0.5) is 0 Å². The summed E-state index contributed by atoms with van der Waals surface area (Å²) in [6, 6.07) is 14.7. The van der Waals surface area contributed by atoms with E-state index >= 15 is 0 Å². The van der Waals surface area contributed by atoms with Gasteiger partial charge in [0.05, 0.1) is 12.1 Å². The molecule has 4 N–H and O–H groups in total. The zero-order valence-electron chi connectivity index (χ0n) is 15.7. The van der Waals surface area contributed by atoms with Crippen molar-refractivity contribution in [2.24, 2.45) is 5.73 Å². The third-order valence-electron chi connectivity index (χ3n) is 4.26. The van der Waals surface area contributed by atoms with Gasteiger partial charge in [-0.15, -0.1) is 11.3 Å². The van der Waals surface area contributed by atoms with Gasteiger partial charge in [0.15, 0.2) is 4.34 Å². The normalized spacial score (nSPS) is 11.9. The fourth-order valence-corrected chi connectivity index (χ4v) is 5.06. The van der Waals surface area contributed by atoms with Gasteiger partial charge >= 0.3 is 11.9 Å². The third kappa shape index (κ3) is 5.66. The van der Waals surface area contributed by atoms with Gasteiger partial charge in [-0.05, 0) is 42.2 Å². The minimum Gasteiger partial charge on any atom is -0.481 e. The topological polar surface area (TPSA) is 114 Å². The average molecular weight is 429 g/mol. The summed E-state index contributed by atoms with van der Waals surface area (Å²) in [6.07, 6.45) is 0.248. The number of carboxylic acid groups (broad SMARTS) is 2. The number of aromatic nitrogens is 1. The van der Waals surface area contributed by atoms with Crippen LogP contribution in [0.15, 0.2) is 57.8 Å². The van der Waals surface area contributed by atoms with Crippen molar-refractivity contribution in [3.05, 3.63) is 64.7 Å². The summed E-state index contributed by atoms with van der Waals surface area (Å²) in [5.41, 5.74) is 9.24. The molecule has 0 fully saturated rings. The van der Waals surface area contributed by atoms with Crippen molar-refractivity contribution < 1.29 is 19.8 Å². The Labute approximate surface area is 176 Å². The second-order valence-corrected chi connectivity index (χ2v) is 8.94. The van der Waals surface area contributed by atoms with E-state index in [0.717, 1.165) is 36.5 Å². The molecule has 0 aliphatic heterocycles. The molecule has 1 heterocycles. The highest BCUT2D eigenvalue weighted by Crippen LogP contribution is 2.35. The third-order valence-corrected chi connectivity index (χ3v) is 6.46. The molecule has 0 bridgehead atoms. The van der Waals surface area contributed by atoms with Gasteiger partial charge < -0.3 is 15.9 Å². The second kappa shape index (κ2) is 9.21. The van der Waals surface area contributed by atoms with Crippen LogP contribution >= 0.6 is 23.1 Å². The smallest absolute Gasteiger partial charge is 0.320 e. The van der Waals surface area contributed by atoms with Crippen molar-refractivity contribution in [1.29, 1.82) is 0 Å². The monoisotopic (exact) mass is 428 g/mol. The first-order chi connectivity index (χ1) is 13.8. The lowest BCUT2D eigenvalue weighted by Crippen LogP contribution is -2.32. The predicted octanol–water partition coefficient (Wildman–Crippen LogP) is 3.85.